The van der Waals surface area contributed by atoms with Crippen molar-refractivity contribution < 1.29 is 0 Å². The average molecular weight is 156 g/mol. The SMILES string of the molecule is CN(C)C[C@@H]1CCC[C@@H]1CN. The Morgan fingerprint density at radius 1 is 1.27 bits per heavy atom. The van der Waals surface area contributed by atoms with Gasteiger partial charge in [0.1, 0.15) is 0 Å². The van der Waals surface area contributed by atoms with E-state index in [4.69, 9.17) is 5.73 Å². The lowest BCUT2D eigenvalue weighted by Crippen LogP contribution is -2.28. The first kappa shape index (κ1) is 9.01. The van der Waals surface area contributed by atoms with Crippen molar-refractivity contribution >= 4 is 0 Å². The Labute approximate surface area is 69.8 Å². The van der Waals surface area contributed by atoms with Crippen LogP contribution in [0.25, 0.3) is 0 Å². The Morgan fingerprint density at radius 2 is 1.91 bits per heavy atom. The molecule has 0 amide bonds. The van der Waals surface area contributed by atoms with Gasteiger partial charge >= 0.3 is 0 Å². The van der Waals surface area contributed by atoms with E-state index in [1.807, 2.05) is 0 Å². The lowest BCUT2D eigenvalue weighted by molar-refractivity contribution is 0.278. The van der Waals surface area contributed by atoms with Gasteiger partial charge in [-0.05, 0) is 45.3 Å². The third-order valence-corrected chi connectivity index (χ3v) is 2.72. The Kier molecular flexibility index (Phi) is 3.34. The third kappa shape index (κ3) is 2.46. The molecule has 0 bridgehead atoms. The van der Waals surface area contributed by atoms with Crippen LogP contribution in [0, 0.1) is 11.8 Å². The Hall–Kier alpha value is -0.0800. The van der Waals surface area contributed by atoms with Crippen LogP contribution in [-0.4, -0.2) is 32.1 Å². The molecule has 0 aromatic rings. The fourth-order valence-electron chi connectivity index (χ4n) is 2.13. The van der Waals surface area contributed by atoms with Gasteiger partial charge in [-0.3, -0.25) is 0 Å². The maximum atomic E-state index is 5.68. The summed E-state index contributed by atoms with van der Waals surface area (Å²) in [6.45, 7) is 2.11. The zero-order valence-corrected chi connectivity index (χ0v) is 7.71. The molecule has 1 aliphatic carbocycles. The summed E-state index contributed by atoms with van der Waals surface area (Å²) in [5.41, 5.74) is 5.68. The van der Waals surface area contributed by atoms with Crippen molar-refractivity contribution in [3.63, 3.8) is 0 Å². The first-order valence-electron chi connectivity index (χ1n) is 4.59. The second-order valence-electron chi connectivity index (χ2n) is 3.95. The first-order chi connectivity index (χ1) is 5.24. The average Bonchev–Trinajstić information content (AvgIpc) is 2.34. The van der Waals surface area contributed by atoms with Crippen molar-refractivity contribution in [3.8, 4) is 0 Å². The van der Waals surface area contributed by atoms with Gasteiger partial charge in [0.2, 0.25) is 0 Å². The molecule has 2 heteroatoms. The summed E-state index contributed by atoms with van der Waals surface area (Å²) in [7, 11) is 4.29. The van der Waals surface area contributed by atoms with Crippen molar-refractivity contribution in [1.82, 2.24) is 4.90 Å². The Morgan fingerprint density at radius 3 is 2.45 bits per heavy atom. The molecular formula is C9H20N2. The van der Waals surface area contributed by atoms with Crippen LogP contribution in [0.2, 0.25) is 0 Å². The zero-order valence-electron chi connectivity index (χ0n) is 7.71. The van der Waals surface area contributed by atoms with E-state index < -0.39 is 0 Å². The zero-order chi connectivity index (χ0) is 8.27. The van der Waals surface area contributed by atoms with Gasteiger partial charge in [-0.25, -0.2) is 0 Å². The largest absolute Gasteiger partial charge is 0.330 e. The minimum atomic E-state index is 0.803. The normalized spacial score (nSPS) is 31.6. The predicted molar refractivity (Wildman–Crippen MR) is 48.4 cm³/mol. The molecule has 0 spiro atoms. The van der Waals surface area contributed by atoms with E-state index in [2.05, 4.69) is 19.0 Å². The molecule has 1 fully saturated rings. The molecule has 0 heterocycles. The maximum absolute atomic E-state index is 5.68. The second kappa shape index (κ2) is 4.07. The molecule has 66 valence electrons. The second-order valence-corrected chi connectivity index (χ2v) is 3.95. The van der Waals surface area contributed by atoms with Crippen LogP contribution in [0.4, 0.5) is 0 Å². The molecule has 1 aliphatic rings. The minimum absolute atomic E-state index is 0.803. The van der Waals surface area contributed by atoms with Gasteiger partial charge in [-0.15, -0.1) is 0 Å². The highest BCUT2D eigenvalue weighted by Gasteiger charge is 2.25. The molecule has 11 heavy (non-hydrogen) atoms. The van der Waals surface area contributed by atoms with Gasteiger partial charge in [-0.2, -0.15) is 0 Å². The van der Waals surface area contributed by atoms with Crippen LogP contribution in [-0.2, 0) is 0 Å². The number of hydrogen-bond acceptors (Lipinski definition) is 2. The third-order valence-electron chi connectivity index (χ3n) is 2.72. The fraction of sp³-hybridized carbons (Fsp3) is 1.00. The van der Waals surface area contributed by atoms with Crippen LogP contribution < -0.4 is 5.73 Å². The van der Waals surface area contributed by atoms with Gasteiger partial charge in [0.05, 0.1) is 0 Å². The maximum Gasteiger partial charge on any atom is 0.000668 e. The molecule has 2 nitrogen and oxygen atoms in total. The summed E-state index contributed by atoms with van der Waals surface area (Å²) in [6, 6.07) is 0. The van der Waals surface area contributed by atoms with Crippen LogP contribution in [0.1, 0.15) is 19.3 Å². The molecule has 0 radical (unpaired) electrons. The molecule has 0 aromatic carbocycles. The van der Waals surface area contributed by atoms with E-state index in [1.165, 1.54) is 25.8 Å². The highest BCUT2D eigenvalue weighted by atomic mass is 15.1. The summed E-state index contributed by atoms with van der Waals surface area (Å²) in [4.78, 5) is 2.28. The number of rotatable bonds is 3. The van der Waals surface area contributed by atoms with Crippen LogP contribution in [0.15, 0.2) is 0 Å². The predicted octanol–water partition coefficient (Wildman–Crippen LogP) is 0.923. The molecular weight excluding hydrogens is 136 g/mol. The molecule has 0 aliphatic heterocycles. The van der Waals surface area contributed by atoms with Gasteiger partial charge < -0.3 is 10.6 Å². The van der Waals surface area contributed by atoms with Crippen molar-refractivity contribution in [2.24, 2.45) is 17.6 Å². The molecule has 1 saturated carbocycles. The number of hydrogen-bond donors (Lipinski definition) is 1. The van der Waals surface area contributed by atoms with E-state index in [1.54, 1.807) is 0 Å². The number of nitrogens with two attached hydrogens (primary N) is 1. The Balaban J connectivity index is 2.31. The van der Waals surface area contributed by atoms with Crippen molar-refractivity contribution in [2.45, 2.75) is 19.3 Å². The van der Waals surface area contributed by atoms with Gasteiger partial charge in [-0.1, -0.05) is 6.42 Å². The summed E-state index contributed by atoms with van der Waals surface area (Å²) < 4.78 is 0. The van der Waals surface area contributed by atoms with Crippen molar-refractivity contribution in [2.75, 3.05) is 27.2 Å². The lowest BCUT2D eigenvalue weighted by Gasteiger charge is -2.21. The summed E-state index contributed by atoms with van der Waals surface area (Å²) in [5, 5.41) is 0. The molecule has 2 atom stereocenters. The topological polar surface area (TPSA) is 29.3 Å². The van der Waals surface area contributed by atoms with Gasteiger partial charge in [0, 0.05) is 6.54 Å². The quantitative estimate of drug-likeness (QED) is 0.658. The van der Waals surface area contributed by atoms with Crippen LogP contribution in [0.5, 0.6) is 0 Å². The van der Waals surface area contributed by atoms with Gasteiger partial charge in [0.15, 0.2) is 0 Å². The van der Waals surface area contributed by atoms with Crippen molar-refractivity contribution in [3.05, 3.63) is 0 Å². The fourth-order valence-corrected chi connectivity index (χ4v) is 2.13. The number of nitrogens with zero attached hydrogens (tertiary/aromatic N) is 1. The molecule has 1 rings (SSSR count). The van der Waals surface area contributed by atoms with E-state index in [0.29, 0.717) is 0 Å². The van der Waals surface area contributed by atoms with E-state index in [-0.39, 0.29) is 0 Å². The smallest absolute Gasteiger partial charge is 0.000668 e. The van der Waals surface area contributed by atoms with Crippen molar-refractivity contribution in [1.29, 1.82) is 0 Å². The standard InChI is InChI=1S/C9H20N2/c1-11(2)7-9-5-3-4-8(9)6-10/h8-9H,3-7,10H2,1-2H3/t8-,9+/m1/s1. The summed E-state index contributed by atoms with van der Waals surface area (Å²) in [6.07, 6.45) is 4.13. The summed E-state index contributed by atoms with van der Waals surface area (Å²) in [5.74, 6) is 1.67. The molecule has 0 saturated heterocycles. The van der Waals surface area contributed by atoms with E-state index in [9.17, 15) is 0 Å². The lowest BCUT2D eigenvalue weighted by atomic mass is 9.96. The minimum Gasteiger partial charge on any atom is -0.330 e. The monoisotopic (exact) mass is 156 g/mol. The summed E-state index contributed by atoms with van der Waals surface area (Å²) >= 11 is 0. The van der Waals surface area contributed by atoms with Crippen LogP contribution >= 0.6 is 0 Å². The first-order valence-corrected chi connectivity index (χ1v) is 4.59. The molecule has 0 aromatic heterocycles. The highest BCUT2D eigenvalue weighted by molar-refractivity contribution is 4.79. The highest BCUT2D eigenvalue weighted by Crippen LogP contribution is 2.30. The van der Waals surface area contributed by atoms with Crippen LogP contribution in [0.3, 0.4) is 0 Å². The molecule has 2 N–H and O–H groups in total. The van der Waals surface area contributed by atoms with E-state index >= 15 is 0 Å². The van der Waals surface area contributed by atoms with Gasteiger partial charge in [0.25, 0.3) is 0 Å². The van der Waals surface area contributed by atoms with E-state index in [0.717, 1.165) is 18.4 Å². The Bertz CT molecular complexity index is 112. The molecule has 0 unspecified atom stereocenters.